The van der Waals surface area contributed by atoms with E-state index in [1.807, 2.05) is 19.1 Å². The zero-order chi connectivity index (χ0) is 11.5. The van der Waals surface area contributed by atoms with Crippen molar-refractivity contribution in [3.05, 3.63) is 23.3 Å². The van der Waals surface area contributed by atoms with E-state index in [2.05, 4.69) is 5.32 Å². The first-order valence-electron chi connectivity index (χ1n) is 5.78. The van der Waals surface area contributed by atoms with E-state index in [0.29, 0.717) is 11.7 Å². The van der Waals surface area contributed by atoms with Crippen LogP contribution in [0.2, 0.25) is 0 Å². The summed E-state index contributed by atoms with van der Waals surface area (Å²) in [6.07, 6.45) is 2.23. The van der Waals surface area contributed by atoms with Gasteiger partial charge in [0, 0.05) is 5.56 Å². The number of phenols is 1. The number of aromatic hydroxyl groups is 1. The van der Waals surface area contributed by atoms with Gasteiger partial charge in [0.25, 0.3) is 0 Å². The van der Waals surface area contributed by atoms with E-state index in [1.54, 1.807) is 7.11 Å². The Morgan fingerprint density at radius 3 is 2.94 bits per heavy atom. The van der Waals surface area contributed by atoms with Crippen LogP contribution >= 0.6 is 0 Å². The average Bonchev–Trinajstić information content (AvgIpc) is 2.76. The molecule has 1 aromatic carbocycles. The highest BCUT2D eigenvalue weighted by Crippen LogP contribution is 2.30. The summed E-state index contributed by atoms with van der Waals surface area (Å²) in [4.78, 5) is 0. The molecule has 0 aliphatic carbocycles. The van der Waals surface area contributed by atoms with Crippen molar-refractivity contribution >= 4 is 0 Å². The Hall–Kier alpha value is -1.22. The topological polar surface area (TPSA) is 41.5 Å². The lowest BCUT2D eigenvalue weighted by Gasteiger charge is -2.12. The highest BCUT2D eigenvalue weighted by Gasteiger charge is 2.16. The molecule has 1 aliphatic heterocycles. The van der Waals surface area contributed by atoms with Gasteiger partial charge in [-0.3, -0.25) is 0 Å². The molecule has 0 amide bonds. The van der Waals surface area contributed by atoms with Gasteiger partial charge in [-0.25, -0.2) is 0 Å². The molecular weight excluding hydrogens is 202 g/mol. The summed E-state index contributed by atoms with van der Waals surface area (Å²) < 4.78 is 5.26. The van der Waals surface area contributed by atoms with Gasteiger partial charge in [0.1, 0.15) is 11.5 Å². The van der Waals surface area contributed by atoms with Crippen molar-refractivity contribution in [2.24, 2.45) is 5.92 Å². The summed E-state index contributed by atoms with van der Waals surface area (Å²) in [5.74, 6) is 1.80. The van der Waals surface area contributed by atoms with E-state index in [9.17, 15) is 5.11 Å². The summed E-state index contributed by atoms with van der Waals surface area (Å²) >= 11 is 0. The van der Waals surface area contributed by atoms with Crippen molar-refractivity contribution in [1.82, 2.24) is 5.32 Å². The Bertz CT molecular complexity index is 370. The zero-order valence-corrected chi connectivity index (χ0v) is 9.92. The van der Waals surface area contributed by atoms with Crippen LogP contribution in [0.4, 0.5) is 0 Å². The van der Waals surface area contributed by atoms with Crippen molar-refractivity contribution in [3.63, 3.8) is 0 Å². The maximum atomic E-state index is 9.79. The molecule has 0 aromatic heterocycles. The van der Waals surface area contributed by atoms with Gasteiger partial charge in [0.05, 0.1) is 7.11 Å². The van der Waals surface area contributed by atoms with Gasteiger partial charge in [-0.15, -0.1) is 0 Å². The van der Waals surface area contributed by atoms with Crippen molar-refractivity contribution in [2.45, 2.75) is 19.8 Å². The molecule has 1 heterocycles. The molecule has 1 aromatic rings. The number of nitrogens with one attached hydrogen (secondary N) is 1. The number of methoxy groups -OCH3 is 1. The fourth-order valence-electron chi connectivity index (χ4n) is 2.28. The predicted molar refractivity (Wildman–Crippen MR) is 64.1 cm³/mol. The number of hydrogen-bond acceptors (Lipinski definition) is 3. The van der Waals surface area contributed by atoms with Crippen LogP contribution in [-0.4, -0.2) is 25.3 Å². The number of benzene rings is 1. The van der Waals surface area contributed by atoms with Gasteiger partial charge in [-0.1, -0.05) is 0 Å². The molecule has 0 saturated carbocycles. The monoisotopic (exact) mass is 221 g/mol. The van der Waals surface area contributed by atoms with Gasteiger partial charge in [0.15, 0.2) is 0 Å². The molecule has 0 bridgehead atoms. The van der Waals surface area contributed by atoms with Crippen molar-refractivity contribution < 1.29 is 9.84 Å². The van der Waals surface area contributed by atoms with Gasteiger partial charge in [0.2, 0.25) is 0 Å². The first-order valence-corrected chi connectivity index (χ1v) is 5.78. The molecule has 1 fully saturated rings. The molecule has 2 rings (SSSR count). The smallest absolute Gasteiger partial charge is 0.125 e. The highest BCUT2D eigenvalue weighted by molar-refractivity contribution is 5.46. The minimum Gasteiger partial charge on any atom is -0.508 e. The summed E-state index contributed by atoms with van der Waals surface area (Å²) in [6.45, 7) is 4.06. The summed E-state index contributed by atoms with van der Waals surface area (Å²) in [7, 11) is 1.64. The van der Waals surface area contributed by atoms with E-state index >= 15 is 0 Å². The lowest BCUT2D eigenvalue weighted by molar-refractivity contribution is 0.401. The third kappa shape index (κ3) is 2.30. The molecule has 3 heteroatoms. The van der Waals surface area contributed by atoms with Crippen molar-refractivity contribution in [1.29, 1.82) is 0 Å². The Morgan fingerprint density at radius 2 is 2.31 bits per heavy atom. The second-order valence-electron chi connectivity index (χ2n) is 4.51. The average molecular weight is 221 g/mol. The molecule has 16 heavy (non-hydrogen) atoms. The van der Waals surface area contributed by atoms with Crippen LogP contribution in [0.25, 0.3) is 0 Å². The van der Waals surface area contributed by atoms with Crippen LogP contribution < -0.4 is 10.1 Å². The normalized spacial score (nSPS) is 20.0. The van der Waals surface area contributed by atoms with Crippen LogP contribution in [0.3, 0.4) is 0 Å². The number of rotatable bonds is 3. The molecular formula is C13H19NO2. The summed E-state index contributed by atoms with van der Waals surface area (Å²) in [6, 6.07) is 3.89. The molecule has 1 unspecified atom stereocenters. The second-order valence-corrected chi connectivity index (χ2v) is 4.51. The third-order valence-corrected chi connectivity index (χ3v) is 3.30. The largest absolute Gasteiger partial charge is 0.508 e. The Kier molecular flexibility index (Phi) is 3.34. The van der Waals surface area contributed by atoms with E-state index in [0.717, 1.165) is 36.4 Å². The molecule has 1 aliphatic rings. The first-order chi connectivity index (χ1) is 7.70. The van der Waals surface area contributed by atoms with Crippen LogP contribution in [0.1, 0.15) is 17.5 Å². The van der Waals surface area contributed by atoms with Gasteiger partial charge in [-0.05, 0) is 56.5 Å². The molecule has 0 radical (unpaired) electrons. The first kappa shape index (κ1) is 11.3. The minimum atomic E-state index is 0.334. The van der Waals surface area contributed by atoms with Crippen LogP contribution in [0, 0.1) is 12.8 Å². The highest BCUT2D eigenvalue weighted by atomic mass is 16.5. The number of hydrogen-bond donors (Lipinski definition) is 2. The van der Waals surface area contributed by atoms with Gasteiger partial charge >= 0.3 is 0 Å². The van der Waals surface area contributed by atoms with Crippen LogP contribution in [0.5, 0.6) is 11.5 Å². The minimum absolute atomic E-state index is 0.334. The standard InChI is InChI=1S/C13H19NO2/c1-9-12(15)6-11(7-13(9)16-2)5-10-3-4-14-8-10/h6-7,10,14-15H,3-5,8H2,1-2H3. The molecule has 0 spiro atoms. The molecule has 1 atom stereocenters. The maximum Gasteiger partial charge on any atom is 0.125 e. The molecule has 2 N–H and O–H groups in total. The molecule has 3 nitrogen and oxygen atoms in total. The predicted octanol–water partition coefficient (Wildman–Crippen LogP) is 1.86. The fourth-order valence-corrected chi connectivity index (χ4v) is 2.28. The van der Waals surface area contributed by atoms with Crippen LogP contribution in [0.15, 0.2) is 12.1 Å². The Labute approximate surface area is 96.4 Å². The van der Waals surface area contributed by atoms with Crippen molar-refractivity contribution in [3.8, 4) is 11.5 Å². The lowest BCUT2D eigenvalue weighted by atomic mass is 9.97. The molecule has 1 saturated heterocycles. The Morgan fingerprint density at radius 1 is 1.50 bits per heavy atom. The van der Waals surface area contributed by atoms with E-state index < -0.39 is 0 Å². The number of phenolic OH excluding ortho intramolecular Hbond substituents is 1. The van der Waals surface area contributed by atoms with E-state index in [1.165, 1.54) is 6.42 Å². The quantitative estimate of drug-likeness (QED) is 0.818. The van der Waals surface area contributed by atoms with E-state index in [-0.39, 0.29) is 0 Å². The van der Waals surface area contributed by atoms with Crippen LogP contribution in [-0.2, 0) is 6.42 Å². The van der Waals surface area contributed by atoms with Gasteiger partial charge in [-0.2, -0.15) is 0 Å². The van der Waals surface area contributed by atoms with E-state index in [4.69, 9.17) is 4.74 Å². The summed E-state index contributed by atoms with van der Waals surface area (Å²) in [5, 5.41) is 13.1. The zero-order valence-electron chi connectivity index (χ0n) is 9.92. The lowest BCUT2D eigenvalue weighted by Crippen LogP contribution is -2.10. The number of ether oxygens (including phenoxy) is 1. The Balaban J connectivity index is 2.17. The summed E-state index contributed by atoms with van der Waals surface area (Å²) in [5.41, 5.74) is 1.98. The third-order valence-electron chi connectivity index (χ3n) is 3.30. The molecule has 88 valence electrons. The fraction of sp³-hybridized carbons (Fsp3) is 0.538. The van der Waals surface area contributed by atoms with Gasteiger partial charge < -0.3 is 15.2 Å². The maximum absolute atomic E-state index is 9.79. The SMILES string of the molecule is COc1cc(CC2CCNC2)cc(O)c1C. The van der Waals surface area contributed by atoms with Crippen molar-refractivity contribution in [2.75, 3.05) is 20.2 Å². The second kappa shape index (κ2) is 4.74.